The smallest absolute Gasteiger partial charge is 0.331 e. The molecule has 21 heavy (non-hydrogen) atoms. The second kappa shape index (κ2) is 5.93. The first-order valence-electron chi connectivity index (χ1n) is 6.62. The van der Waals surface area contributed by atoms with Crippen molar-refractivity contribution in [2.75, 3.05) is 31.0 Å². The van der Waals surface area contributed by atoms with Gasteiger partial charge in [0.1, 0.15) is 11.3 Å². The van der Waals surface area contributed by atoms with Gasteiger partial charge >= 0.3 is 5.97 Å². The lowest BCUT2D eigenvalue weighted by molar-refractivity contribution is -0.146. The van der Waals surface area contributed by atoms with Crippen LogP contribution in [0.25, 0.3) is 0 Å². The normalized spacial score (nSPS) is 19.5. The molecule has 0 aromatic heterocycles. The van der Waals surface area contributed by atoms with E-state index in [9.17, 15) is 13.2 Å². The highest BCUT2D eigenvalue weighted by Crippen LogP contribution is 2.30. The molecule has 6 nitrogen and oxygen atoms in total. The highest BCUT2D eigenvalue weighted by atomic mass is 32.2. The summed E-state index contributed by atoms with van der Waals surface area (Å²) in [4.78, 5) is 12.1. The number of hydrogen-bond acceptors (Lipinski definition) is 6. The van der Waals surface area contributed by atoms with E-state index >= 15 is 0 Å². The number of carbonyl (C=O) groups is 1. The van der Waals surface area contributed by atoms with Gasteiger partial charge in [0, 0.05) is 11.8 Å². The first-order chi connectivity index (χ1) is 9.91. The molecule has 1 heterocycles. The lowest BCUT2D eigenvalue weighted by Crippen LogP contribution is -2.52. The van der Waals surface area contributed by atoms with Gasteiger partial charge in [0.15, 0.2) is 9.84 Å². The zero-order chi connectivity index (χ0) is 15.5. The Morgan fingerprint density at radius 1 is 1.24 bits per heavy atom. The third kappa shape index (κ3) is 3.47. The molecule has 0 atom stereocenters. The summed E-state index contributed by atoms with van der Waals surface area (Å²) in [5.74, 6) is 0.154. The summed E-state index contributed by atoms with van der Waals surface area (Å²) in [5, 5.41) is 3.14. The number of rotatable bonds is 4. The molecule has 0 aliphatic carbocycles. The lowest BCUT2D eigenvalue weighted by Gasteiger charge is -2.35. The Balaban J connectivity index is 2.27. The van der Waals surface area contributed by atoms with E-state index in [0.717, 1.165) is 0 Å². The summed E-state index contributed by atoms with van der Waals surface area (Å²) >= 11 is 0. The van der Waals surface area contributed by atoms with Crippen molar-refractivity contribution >= 4 is 21.5 Å². The molecular weight excluding hydrogens is 294 g/mol. The van der Waals surface area contributed by atoms with Crippen LogP contribution in [0.4, 0.5) is 5.69 Å². The molecule has 0 amide bonds. The van der Waals surface area contributed by atoms with Crippen molar-refractivity contribution in [3.05, 3.63) is 24.3 Å². The number of esters is 1. The number of carbonyl (C=O) groups excluding carboxylic acids is 1. The average Bonchev–Trinajstić information content (AvgIpc) is 2.49. The van der Waals surface area contributed by atoms with E-state index in [1.807, 2.05) is 0 Å². The summed E-state index contributed by atoms with van der Waals surface area (Å²) in [6.07, 6.45) is 0.387. The molecule has 1 saturated heterocycles. The molecule has 7 heteroatoms. The monoisotopic (exact) mass is 313 g/mol. The van der Waals surface area contributed by atoms with Crippen molar-refractivity contribution in [1.29, 1.82) is 0 Å². The van der Waals surface area contributed by atoms with E-state index in [2.05, 4.69) is 5.32 Å². The number of nitrogens with one attached hydrogen (secondary N) is 1. The van der Waals surface area contributed by atoms with Crippen LogP contribution >= 0.6 is 0 Å². The standard InChI is InChI=1S/C14H19NO5S/c1-19-12-5-3-4-11(10-12)15-14(13(16)20-2)6-8-21(17,18)9-7-14/h3-5,10,15H,6-9H2,1-2H3. The number of benzene rings is 1. The van der Waals surface area contributed by atoms with Crippen LogP contribution in [0.2, 0.25) is 0 Å². The van der Waals surface area contributed by atoms with Crippen molar-refractivity contribution in [2.45, 2.75) is 18.4 Å². The van der Waals surface area contributed by atoms with Crippen molar-refractivity contribution in [1.82, 2.24) is 0 Å². The van der Waals surface area contributed by atoms with E-state index < -0.39 is 21.3 Å². The van der Waals surface area contributed by atoms with Gasteiger partial charge in [0.25, 0.3) is 0 Å². The average molecular weight is 313 g/mol. The number of sulfone groups is 1. The number of hydrogen-bond donors (Lipinski definition) is 1. The third-order valence-electron chi connectivity index (χ3n) is 3.71. The summed E-state index contributed by atoms with van der Waals surface area (Å²) in [6, 6.07) is 7.15. The minimum Gasteiger partial charge on any atom is -0.497 e. The Labute approximate surface area is 124 Å². The van der Waals surface area contributed by atoms with Crippen LogP contribution in [-0.2, 0) is 19.4 Å². The Kier molecular flexibility index (Phi) is 4.41. The molecule has 1 aromatic rings. The van der Waals surface area contributed by atoms with Crippen LogP contribution in [0.1, 0.15) is 12.8 Å². The summed E-state index contributed by atoms with van der Waals surface area (Å²) in [7, 11) is -0.209. The zero-order valence-corrected chi connectivity index (χ0v) is 12.9. The largest absolute Gasteiger partial charge is 0.497 e. The zero-order valence-electron chi connectivity index (χ0n) is 12.1. The van der Waals surface area contributed by atoms with Gasteiger partial charge in [0.2, 0.25) is 0 Å². The quantitative estimate of drug-likeness (QED) is 0.842. The van der Waals surface area contributed by atoms with Crippen molar-refractivity contribution in [2.24, 2.45) is 0 Å². The Hall–Kier alpha value is -1.76. The maximum atomic E-state index is 12.1. The SMILES string of the molecule is COC(=O)C1(Nc2cccc(OC)c2)CCS(=O)(=O)CC1. The number of anilines is 1. The van der Waals surface area contributed by atoms with Crippen molar-refractivity contribution in [3.8, 4) is 5.75 Å². The van der Waals surface area contributed by atoms with Crippen LogP contribution < -0.4 is 10.1 Å². The Morgan fingerprint density at radius 2 is 1.90 bits per heavy atom. The van der Waals surface area contributed by atoms with Gasteiger partial charge in [-0.25, -0.2) is 13.2 Å². The minimum atomic E-state index is -3.07. The predicted molar refractivity (Wildman–Crippen MR) is 79.3 cm³/mol. The van der Waals surface area contributed by atoms with Crippen LogP contribution in [0.3, 0.4) is 0 Å². The molecule has 0 saturated carbocycles. The second-order valence-corrected chi connectivity index (χ2v) is 7.39. The fraction of sp³-hybridized carbons (Fsp3) is 0.500. The minimum absolute atomic E-state index is 0.0287. The van der Waals surface area contributed by atoms with Gasteiger partial charge in [0.05, 0.1) is 25.7 Å². The maximum absolute atomic E-state index is 12.1. The highest BCUT2D eigenvalue weighted by molar-refractivity contribution is 7.91. The molecule has 0 bridgehead atoms. The molecular formula is C14H19NO5S. The van der Waals surface area contributed by atoms with Crippen LogP contribution in [-0.4, -0.2) is 45.7 Å². The lowest BCUT2D eigenvalue weighted by atomic mass is 9.91. The van der Waals surface area contributed by atoms with Gasteiger partial charge in [-0.15, -0.1) is 0 Å². The van der Waals surface area contributed by atoms with Crippen LogP contribution in [0.5, 0.6) is 5.75 Å². The molecule has 116 valence electrons. The molecule has 1 aliphatic rings. The number of ether oxygens (including phenoxy) is 2. The third-order valence-corrected chi connectivity index (χ3v) is 5.36. The van der Waals surface area contributed by atoms with E-state index in [4.69, 9.17) is 9.47 Å². The van der Waals surface area contributed by atoms with Crippen LogP contribution in [0.15, 0.2) is 24.3 Å². The summed E-state index contributed by atoms with van der Waals surface area (Å²) in [5.41, 5.74) is -0.314. The molecule has 1 aliphatic heterocycles. The first-order valence-corrected chi connectivity index (χ1v) is 8.44. The first kappa shape index (κ1) is 15.6. The summed E-state index contributed by atoms with van der Waals surface area (Å²) in [6.45, 7) is 0. The Morgan fingerprint density at radius 3 is 2.48 bits per heavy atom. The topological polar surface area (TPSA) is 81.7 Å². The molecule has 1 fully saturated rings. The van der Waals surface area contributed by atoms with Crippen molar-refractivity contribution < 1.29 is 22.7 Å². The van der Waals surface area contributed by atoms with E-state index in [-0.39, 0.29) is 24.3 Å². The molecule has 2 rings (SSSR count). The fourth-order valence-corrected chi connectivity index (χ4v) is 3.96. The van der Waals surface area contributed by atoms with Gasteiger partial charge < -0.3 is 14.8 Å². The highest BCUT2D eigenvalue weighted by Gasteiger charge is 2.44. The summed E-state index contributed by atoms with van der Waals surface area (Å²) < 4.78 is 33.2. The number of methoxy groups -OCH3 is 2. The van der Waals surface area contributed by atoms with E-state index in [1.165, 1.54) is 7.11 Å². The molecule has 0 spiro atoms. The van der Waals surface area contributed by atoms with Gasteiger partial charge in [-0.3, -0.25) is 0 Å². The fourth-order valence-electron chi connectivity index (χ4n) is 2.44. The molecule has 0 unspecified atom stereocenters. The van der Waals surface area contributed by atoms with E-state index in [1.54, 1.807) is 31.4 Å². The van der Waals surface area contributed by atoms with Gasteiger partial charge in [-0.05, 0) is 25.0 Å². The second-order valence-electron chi connectivity index (χ2n) is 5.08. The molecule has 1 N–H and O–H groups in total. The predicted octanol–water partition coefficient (Wildman–Crippen LogP) is 1.23. The van der Waals surface area contributed by atoms with Gasteiger partial charge in [-0.1, -0.05) is 6.07 Å². The van der Waals surface area contributed by atoms with Gasteiger partial charge in [-0.2, -0.15) is 0 Å². The molecule has 0 radical (unpaired) electrons. The van der Waals surface area contributed by atoms with Crippen molar-refractivity contribution in [3.63, 3.8) is 0 Å². The maximum Gasteiger partial charge on any atom is 0.331 e. The van der Waals surface area contributed by atoms with E-state index in [0.29, 0.717) is 11.4 Å². The molecule has 1 aromatic carbocycles. The van der Waals surface area contributed by atoms with Crippen LogP contribution in [0, 0.1) is 0 Å². The Bertz CT molecular complexity index is 612.